The number of nitrogens with one attached hydrogen (secondary N) is 3. The molecule has 3 aliphatic rings. The number of ether oxygens (including phenoxy) is 2. The normalized spacial score (nSPS) is 18.1. The second-order valence-corrected chi connectivity index (χ2v) is 16.9. The number of hydrogen-bond acceptors (Lipinski definition) is 11. The van der Waals surface area contributed by atoms with Crippen LogP contribution in [0.1, 0.15) is 59.6 Å². The summed E-state index contributed by atoms with van der Waals surface area (Å²) < 4.78 is 41.1. The molecule has 0 bridgehead atoms. The molecule has 4 heterocycles. The van der Waals surface area contributed by atoms with Crippen LogP contribution in [0.3, 0.4) is 0 Å². The van der Waals surface area contributed by atoms with E-state index >= 15 is 0 Å². The van der Waals surface area contributed by atoms with Crippen LogP contribution in [0.15, 0.2) is 84.0 Å². The van der Waals surface area contributed by atoms with Gasteiger partial charge in [-0.2, -0.15) is 0 Å². The zero-order chi connectivity index (χ0) is 39.5. The number of nitro groups is 1. The monoisotopic (exact) mass is 813 g/mol. The Hall–Kier alpha value is -5.22. The zero-order valence-electron chi connectivity index (χ0n) is 31.3. The van der Waals surface area contributed by atoms with E-state index < -0.39 is 31.4 Å². The van der Waals surface area contributed by atoms with Crippen molar-refractivity contribution in [3.63, 3.8) is 0 Å². The summed E-state index contributed by atoms with van der Waals surface area (Å²) in [6.07, 6.45) is 9.24. The molecule has 5 aromatic rings. The maximum atomic E-state index is 13.9. The van der Waals surface area contributed by atoms with E-state index in [-0.39, 0.29) is 29.0 Å². The average Bonchev–Trinajstić information content (AvgIpc) is 3.58. The molecule has 8 rings (SSSR count). The van der Waals surface area contributed by atoms with Gasteiger partial charge >= 0.3 is 0 Å². The number of carbonyl (C=O) groups is 1. The summed E-state index contributed by atoms with van der Waals surface area (Å²) in [5.41, 5.74) is 3.79. The van der Waals surface area contributed by atoms with Crippen molar-refractivity contribution in [3.8, 4) is 11.5 Å². The van der Waals surface area contributed by atoms with E-state index in [2.05, 4.69) is 35.9 Å². The first kappa shape index (κ1) is 38.6. The summed E-state index contributed by atoms with van der Waals surface area (Å²) in [5, 5.41) is 16.8. The molecule has 2 saturated heterocycles. The molecule has 3 N–H and O–H groups in total. The number of hydrogen-bond donors (Lipinski definition) is 3. The fourth-order valence-corrected chi connectivity index (χ4v) is 9.38. The molecule has 1 atom stereocenters. The molecule has 16 heteroatoms. The standard InChI is InChI=1S/C41H44ClN7O7S/c42-35-6-3-5-33-32(35)4-1-2-7-37(33)48-18-16-47(17-19-48)29-8-10-34(39(23-29)56-30-22-28-12-15-43-40(28)45-26-30)41(50)46-57(53,54)31-9-11-36(38(24-31)49(51)52)44-25-27-13-20-55-21-14-27/h3,5-6,8-12,15,22-24,26-27,37,44H,1-2,4,7,13-14,16-21,25H2,(H,43,45)(H,46,50)/t37-/m0/s1. The van der Waals surface area contributed by atoms with E-state index in [1.807, 2.05) is 18.2 Å². The van der Waals surface area contributed by atoms with Crippen molar-refractivity contribution in [1.82, 2.24) is 19.6 Å². The molecule has 14 nitrogen and oxygen atoms in total. The highest BCUT2D eigenvalue weighted by molar-refractivity contribution is 7.90. The lowest BCUT2D eigenvalue weighted by Crippen LogP contribution is -2.47. The van der Waals surface area contributed by atoms with Crippen LogP contribution in [0.4, 0.5) is 17.1 Å². The maximum absolute atomic E-state index is 13.9. The molecule has 57 heavy (non-hydrogen) atoms. The number of aromatic amines is 1. The summed E-state index contributed by atoms with van der Waals surface area (Å²) in [5.74, 6) is -0.192. The molecule has 2 fully saturated rings. The number of halogens is 1. The summed E-state index contributed by atoms with van der Waals surface area (Å²) in [7, 11) is -4.55. The number of amides is 1. The predicted octanol–water partition coefficient (Wildman–Crippen LogP) is 7.46. The van der Waals surface area contributed by atoms with Gasteiger partial charge in [0.1, 0.15) is 22.8 Å². The largest absolute Gasteiger partial charge is 0.455 e. The Morgan fingerprint density at radius 3 is 2.65 bits per heavy atom. The molecule has 0 spiro atoms. The van der Waals surface area contributed by atoms with E-state index in [0.717, 1.165) is 86.9 Å². The first-order chi connectivity index (χ1) is 27.6. The van der Waals surface area contributed by atoms with Crippen LogP contribution in [0.25, 0.3) is 11.0 Å². The van der Waals surface area contributed by atoms with Gasteiger partial charge < -0.3 is 24.7 Å². The average molecular weight is 814 g/mol. The third kappa shape index (κ3) is 8.56. The molecular formula is C41H44ClN7O7S. The third-order valence-electron chi connectivity index (χ3n) is 11.2. The van der Waals surface area contributed by atoms with E-state index in [1.165, 1.54) is 29.5 Å². The van der Waals surface area contributed by atoms with Crippen LogP contribution in [0.2, 0.25) is 5.02 Å². The van der Waals surface area contributed by atoms with E-state index in [4.69, 9.17) is 21.1 Å². The summed E-state index contributed by atoms with van der Waals surface area (Å²) in [4.78, 5) is 37.0. The Bertz CT molecular complexity index is 2390. The molecule has 1 aliphatic carbocycles. The molecule has 2 aliphatic heterocycles. The molecule has 3 aromatic carbocycles. The van der Waals surface area contributed by atoms with Gasteiger partial charge in [-0.1, -0.05) is 30.2 Å². The number of fused-ring (bicyclic) bond motifs is 2. The van der Waals surface area contributed by atoms with Gasteiger partial charge in [-0.15, -0.1) is 0 Å². The highest BCUT2D eigenvalue weighted by Crippen LogP contribution is 2.38. The number of H-pyrrole nitrogens is 1. The Balaban J connectivity index is 1.02. The highest BCUT2D eigenvalue weighted by atomic mass is 35.5. The van der Waals surface area contributed by atoms with Crippen molar-refractivity contribution in [2.75, 3.05) is 56.2 Å². The van der Waals surface area contributed by atoms with E-state index in [9.17, 15) is 23.3 Å². The van der Waals surface area contributed by atoms with Crippen molar-refractivity contribution in [2.45, 2.75) is 49.5 Å². The first-order valence-corrected chi connectivity index (χ1v) is 21.2. The van der Waals surface area contributed by atoms with Crippen LogP contribution in [-0.2, 0) is 21.2 Å². The molecule has 0 unspecified atom stereocenters. The summed E-state index contributed by atoms with van der Waals surface area (Å²) >= 11 is 6.64. The lowest BCUT2D eigenvalue weighted by molar-refractivity contribution is -0.384. The number of carbonyl (C=O) groups excluding carboxylic acids is 1. The summed E-state index contributed by atoms with van der Waals surface area (Å²) in [6.45, 7) is 4.82. The molecule has 1 amide bonds. The van der Waals surface area contributed by atoms with Gasteiger partial charge in [0.15, 0.2) is 0 Å². The van der Waals surface area contributed by atoms with Gasteiger partial charge in [0.25, 0.3) is 21.6 Å². The predicted molar refractivity (Wildman–Crippen MR) is 218 cm³/mol. The van der Waals surface area contributed by atoms with Crippen molar-refractivity contribution in [2.24, 2.45) is 5.92 Å². The highest BCUT2D eigenvalue weighted by Gasteiger charge is 2.30. The van der Waals surface area contributed by atoms with Crippen LogP contribution < -0.4 is 19.7 Å². The lowest BCUT2D eigenvalue weighted by atomic mass is 9.97. The number of anilines is 2. The molecule has 0 radical (unpaired) electrons. The lowest BCUT2D eigenvalue weighted by Gasteiger charge is -2.40. The number of benzene rings is 3. The molecular weight excluding hydrogens is 770 g/mol. The number of sulfonamides is 1. The second-order valence-electron chi connectivity index (χ2n) is 14.8. The van der Waals surface area contributed by atoms with E-state index in [1.54, 1.807) is 30.5 Å². The topological polar surface area (TPSA) is 172 Å². The van der Waals surface area contributed by atoms with Crippen molar-refractivity contribution < 1.29 is 27.6 Å². The van der Waals surface area contributed by atoms with Gasteiger partial charge in [0.2, 0.25) is 0 Å². The number of aromatic nitrogens is 2. The van der Waals surface area contributed by atoms with Crippen molar-refractivity contribution in [1.29, 1.82) is 0 Å². The fourth-order valence-electron chi connectivity index (χ4n) is 8.12. The number of nitro benzene ring substituents is 1. The quantitative estimate of drug-likeness (QED) is 0.0687. The number of rotatable bonds is 11. The van der Waals surface area contributed by atoms with Crippen molar-refractivity contribution in [3.05, 3.63) is 111 Å². The Kier molecular flexibility index (Phi) is 11.3. The molecule has 2 aromatic heterocycles. The minimum absolute atomic E-state index is 0.0358. The minimum atomic E-state index is -4.55. The number of nitrogens with zero attached hydrogens (tertiary/aromatic N) is 4. The van der Waals surface area contributed by atoms with E-state index in [0.29, 0.717) is 31.2 Å². The summed E-state index contributed by atoms with van der Waals surface area (Å²) in [6, 6.07) is 18.7. The minimum Gasteiger partial charge on any atom is -0.455 e. The molecule has 298 valence electrons. The fraction of sp³-hybridized carbons (Fsp3) is 0.366. The van der Waals surface area contributed by atoms with Crippen LogP contribution in [0, 0.1) is 16.0 Å². The zero-order valence-corrected chi connectivity index (χ0v) is 32.9. The van der Waals surface area contributed by atoms with Gasteiger partial charge in [0.05, 0.1) is 21.6 Å². The number of piperazine rings is 1. The van der Waals surface area contributed by atoms with Crippen LogP contribution in [0.5, 0.6) is 11.5 Å². The third-order valence-corrected chi connectivity index (χ3v) is 12.9. The Labute approximate surface area is 335 Å². The Morgan fingerprint density at radius 2 is 1.84 bits per heavy atom. The molecule has 0 saturated carbocycles. The van der Waals surface area contributed by atoms with Gasteiger partial charge in [-0.25, -0.2) is 18.1 Å². The number of pyridine rings is 1. The van der Waals surface area contributed by atoms with Crippen LogP contribution >= 0.6 is 11.6 Å². The Morgan fingerprint density at radius 1 is 1.02 bits per heavy atom. The van der Waals surface area contributed by atoms with Crippen molar-refractivity contribution >= 4 is 55.6 Å². The van der Waals surface area contributed by atoms with Gasteiger partial charge in [-0.3, -0.25) is 19.8 Å². The van der Waals surface area contributed by atoms with Gasteiger partial charge in [0, 0.05) is 86.4 Å². The second kappa shape index (κ2) is 16.7. The maximum Gasteiger partial charge on any atom is 0.293 e. The SMILES string of the molecule is O=C(NS(=O)(=O)c1ccc(NCC2CCOCC2)c([N+](=O)[O-])c1)c1ccc(N2CCN([C@H]3CCCCc4c(Cl)cccc43)CC2)cc1Oc1cnc2[nH]ccc2c1. The smallest absolute Gasteiger partial charge is 0.293 e. The van der Waals surface area contributed by atoms with Crippen LogP contribution in [-0.4, -0.2) is 80.1 Å². The van der Waals surface area contributed by atoms with Gasteiger partial charge in [-0.05, 0) is 91.6 Å². The first-order valence-electron chi connectivity index (χ1n) is 19.3.